The summed E-state index contributed by atoms with van der Waals surface area (Å²) in [4.78, 5) is 42.9. The Kier molecular flexibility index (Phi) is 16.3. The number of methoxy groups -OCH3 is 1. The number of nitrogens with zero attached hydrogens (tertiary/aromatic N) is 1. The van der Waals surface area contributed by atoms with Crippen LogP contribution in [0.5, 0.6) is 0 Å². The number of ketones is 1. The average Bonchev–Trinajstić information content (AvgIpc) is 3.11. The lowest BCUT2D eigenvalue weighted by Gasteiger charge is -2.49. The summed E-state index contributed by atoms with van der Waals surface area (Å²) in [5.41, 5.74) is -4.92. The fourth-order valence-electron chi connectivity index (χ4n) is 8.76. The Labute approximate surface area is 327 Å². The van der Waals surface area contributed by atoms with Gasteiger partial charge in [-0.15, -0.1) is 0 Å². The van der Waals surface area contributed by atoms with Crippen molar-refractivity contribution in [1.82, 2.24) is 4.90 Å². The van der Waals surface area contributed by atoms with Gasteiger partial charge in [0.05, 0.1) is 53.7 Å². The summed E-state index contributed by atoms with van der Waals surface area (Å²) in [5, 5.41) is 46.6. The molecule has 0 bridgehead atoms. The maximum atomic E-state index is 14.2. The van der Waals surface area contributed by atoms with E-state index in [0.29, 0.717) is 6.42 Å². The van der Waals surface area contributed by atoms with Gasteiger partial charge in [-0.3, -0.25) is 14.4 Å². The Hall–Kier alpha value is -1.79. The van der Waals surface area contributed by atoms with E-state index in [9.17, 15) is 34.8 Å². The molecule has 55 heavy (non-hydrogen) atoms. The Balaban J connectivity index is 2.24. The van der Waals surface area contributed by atoms with Crippen LogP contribution in [0.15, 0.2) is 0 Å². The molecule has 3 aliphatic heterocycles. The summed E-state index contributed by atoms with van der Waals surface area (Å²) >= 11 is 0. The molecule has 0 radical (unpaired) electrons. The van der Waals surface area contributed by atoms with Gasteiger partial charge in [-0.2, -0.15) is 0 Å². The first-order valence-electron chi connectivity index (χ1n) is 19.9. The molecule has 3 saturated heterocycles. The van der Waals surface area contributed by atoms with Crippen LogP contribution in [0.3, 0.4) is 0 Å². The number of ether oxygens (including phenoxy) is 7. The van der Waals surface area contributed by atoms with E-state index < -0.39 is 114 Å². The van der Waals surface area contributed by atoms with Crippen LogP contribution >= 0.6 is 0 Å². The minimum absolute atomic E-state index is 0.0760. The second-order valence-electron chi connectivity index (χ2n) is 17.3. The Morgan fingerprint density at radius 2 is 1.51 bits per heavy atom. The van der Waals surface area contributed by atoms with Gasteiger partial charge in [0.2, 0.25) is 0 Å². The number of likely N-dealkylation sites (N-methyl/N-ethyl adjacent to an activating group) is 1. The second-order valence-corrected chi connectivity index (χ2v) is 17.3. The van der Waals surface area contributed by atoms with Crippen molar-refractivity contribution in [2.45, 2.75) is 193 Å². The van der Waals surface area contributed by atoms with Crippen LogP contribution < -0.4 is 0 Å². The SMILES string of the molecule is CCC(=O)O[C@H]1[C@H](O[C@@H]2[C@@H](C)[C@H](O[C@H]3C[C@](C)(OC)[C@H](O)[C@@H](C)O3)[C@@H](C)C(=O)O[C@H](CC)[C@@](C)(O)[C@H](O)[C@@H](C)C(=O)[C@H](C)C[C@@]2(C)O)O[C@H](C)C[C@@H]1N(C)C. The molecule has 0 aromatic heterocycles. The molecule has 0 aromatic rings. The van der Waals surface area contributed by atoms with E-state index in [4.69, 9.17) is 33.2 Å². The highest BCUT2D eigenvalue weighted by molar-refractivity contribution is 5.83. The first kappa shape index (κ1) is 47.6. The zero-order valence-electron chi connectivity index (χ0n) is 35.5. The van der Waals surface area contributed by atoms with E-state index in [1.54, 1.807) is 48.5 Å². The maximum Gasteiger partial charge on any atom is 0.311 e. The van der Waals surface area contributed by atoms with Crippen LogP contribution in [-0.4, -0.2) is 149 Å². The molecule has 4 N–H and O–H groups in total. The molecule has 15 nitrogen and oxygen atoms in total. The molecule has 0 aliphatic carbocycles. The van der Waals surface area contributed by atoms with Gasteiger partial charge in [-0.25, -0.2) is 0 Å². The van der Waals surface area contributed by atoms with E-state index in [0.717, 1.165) is 0 Å². The lowest BCUT2D eigenvalue weighted by Crippen LogP contribution is -2.61. The van der Waals surface area contributed by atoms with Gasteiger partial charge in [-0.05, 0) is 74.9 Å². The Bertz CT molecular complexity index is 1290. The molecule has 320 valence electrons. The Morgan fingerprint density at radius 1 is 0.891 bits per heavy atom. The van der Waals surface area contributed by atoms with Crippen molar-refractivity contribution in [2.24, 2.45) is 23.7 Å². The number of aliphatic hydroxyl groups excluding tert-OH is 2. The van der Waals surface area contributed by atoms with Crippen LogP contribution in [0.1, 0.15) is 108 Å². The van der Waals surface area contributed by atoms with Crippen LogP contribution in [0, 0.1) is 23.7 Å². The number of hydrogen-bond donors (Lipinski definition) is 4. The van der Waals surface area contributed by atoms with Crippen molar-refractivity contribution in [3.8, 4) is 0 Å². The lowest BCUT2D eigenvalue weighted by atomic mass is 9.74. The first-order valence-corrected chi connectivity index (χ1v) is 19.9. The summed E-state index contributed by atoms with van der Waals surface area (Å²) in [7, 11) is 5.21. The van der Waals surface area contributed by atoms with E-state index in [-0.39, 0.29) is 37.8 Å². The van der Waals surface area contributed by atoms with Crippen molar-refractivity contribution < 1.29 is 68.0 Å². The zero-order valence-corrected chi connectivity index (χ0v) is 35.5. The van der Waals surface area contributed by atoms with Crippen molar-refractivity contribution in [1.29, 1.82) is 0 Å². The Morgan fingerprint density at radius 3 is 2.05 bits per heavy atom. The number of hydrogen-bond acceptors (Lipinski definition) is 15. The van der Waals surface area contributed by atoms with Crippen LogP contribution in [-0.2, 0) is 47.5 Å². The lowest BCUT2D eigenvalue weighted by molar-refractivity contribution is -0.319. The predicted molar refractivity (Wildman–Crippen MR) is 200 cm³/mol. The largest absolute Gasteiger partial charge is 0.459 e. The first-order chi connectivity index (χ1) is 25.4. The minimum Gasteiger partial charge on any atom is -0.459 e. The number of rotatable bonds is 9. The van der Waals surface area contributed by atoms with Crippen LogP contribution in [0.4, 0.5) is 0 Å². The van der Waals surface area contributed by atoms with Gasteiger partial charge in [0.15, 0.2) is 18.7 Å². The number of cyclic esters (lactones) is 1. The van der Waals surface area contributed by atoms with Gasteiger partial charge in [0, 0.05) is 37.7 Å². The second kappa shape index (κ2) is 18.9. The monoisotopic (exact) mass is 789 g/mol. The highest BCUT2D eigenvalue weighted by Crippen LogP contribution is 2.41. The standard InChI is InChI=1S/C40H71NO14/c1-15-27-40(11,48)33(44)22(5)30(43)20(3)18-38(9,47)35(55-37-32(53-28(42)16-2)26(41(12)13)17-21(4)50-37)23(6)31(24(7)36(46)52-27)54-29-19-39(10,49-14)34(45)25(8)51-29/h20-27,29,31-35,37,44-45,47-48H,15-19H2,1-14H3/t20-,21-,22+,23+,24-,25-,26+,27-,29+,31+,32-,33-,34-,35-,37+,38-,39+,40-/m1/s1. The molecule has 0 aromatic carbocycles. The normalized spacial score (nSPS) is 46.9. The van der Waals surface area contributed by atoms with E-state index in [1.165, 1.54) is 27.9 Å². The fraction of sp³-hybridized carbons (Fsp3) is 0.925. The number of aliphatic hydroxyl groups is 4. The molecule has 0 amide bonds. The highest BCUT2D eigenvalue weighted by Gasteiger charge is 2.54. The molecule has 3 rings (SSSR count). The molecule has 3 fully saturated rings. The van der Waals surface area contributed by atoms with Gasteiger partial charge in [-0.1, -0.05) is 34.6 Å². The van der Waals surface area contributed by atoms with E-state index >= 15 is 0 Å². The molecule has 0 spiro atoms. The molecule has 3 aliphatic rings. The number of carbonyl (C=O) groups is 3. The third kappa shape index (κ3) is 10.6. The summed E-state index contributed by atoms with van der Waals surface area (Å²) in [6.45, 7) is 18.0. The van der Waals surface area contributed by atoms with Gasteiger partial charge < -0.3 is 58.5 Å². The zero-order chi connectivity index (χ0) is 42.0. The maximum absolute atomic E-state index is 14.2. The van der Waals surface area contributed by atoms with Crippen LogP contribution in [0.25, 0.3) is 0 Å². The quantitative estimate of drug-likeness (QED) is 0.249. The molecule has 0 saturated carbocycles. The van der Waals surface area contributed by atoms with Crippen molar-refractivity contribution in [2.75, 3.05) is 21.2 Å². The minimum atomic E-state index is -2.01. The van der Waals surface area contributed by atoms with Crippen molar-refractivity contribution >= 4 is 17.7 Å². The molecule has 18 atom stereocenters. The van der Waals surface area contributed by atoms with Gasteiger partial charge >= 0.3 is 11.9 Å². The highest BCUT2D eigenvalue weighted by atomic mass is 16.7. The number of esters is 2. The molecule has 15 heteroatoms. The van der Waals surface area contributed by atoms with E-state index in [1.807, 2.05) is 25.9 Å². The number of Topliss-reactive ketones (excluding diaryl/α,β-unsaturated/α-hetero) is 1. The summed E-state index contributed by atoms with van der Waals surface area (Å²) < 4.78 is 43.6. The molecular weight excluding hydrogens is 718 g/mol. The third-order valence-corrected chi connectivity index (χ3v) is 12.4. The summed E-state index contributed by atoms with van der Waals surface area (Å²) in [5.74, 6) is -5.59. The summed E-state index contributed by atoms with van der Waals surface area (Å²) in [6.07, 6.45) is -9.68. The molecule has 0 unspecified atom stereocenters. The van der Waals surface area contributed by atoms with Crippen LogP contribution in [0.2, 0.25) is 0 Å². The fourth-order valence-corrected chi connectivity index (χ4v) is 8.76. The predicted octanol–water partition coefficient (Wildman–Crippen LogP) is 2.75. The third-order valence-electron chi connectivity index (χ3n) is 12.4. The van der Waals surface area contributed by atoms with E-state index in [2.05, 4.69) is 0 Å². The topological polar surface area (TPSA) is 200 Å². The van der Waals surface area contributed by atoms with Crippen molar-refractivity contribution in [3.63, 3.8) is 0 Å². The van der Waals surface area contributed by atoms with Gasteiger partial charge in [0.25, 0.3) is 0 Å². The molecule has 3 heterocycles. The smallest absolute Gasteiger partial charge is 0.311 e. The van der Waals surface area contributed by atoms with Crippen molar-refractivity contribution in [3.05, 3.63) is 0 Å². The van der Waals surface area contributed by atoms with Gasteiger partial charge in [0.1, 0.15) is 23.6 Å². The average molecular weight is 790 g/mol. The number of carbonyl (C=O) groups excluding carboxylic acids is 3. The molecular formula is C40H71NO14. The summed E-state index contributed by atoms with van der Waals surface area (Å²) in [6, 6.07) is -0.319.